The van der Waals surface area contributed by atoms with E-state index in [0.29, 0.717) is 6.42 Å². The van der Waals surface area contributed by atoms with Crippen LogP contribution in [0.5, 0.6) is 0 Å². The first-order valence-electron chi connectivity index (χ1n) is 5.53. The van der Waals surface area contributed by atoms with Gasteiger partial charge in [0, 0.05) is 5.69 Å². The summed E-state index contributed by atoms with van der Waals surface area (Å²) in [4.78, 5) is 0. The van der Waals surface area contributed by atoms with E-state index in [4.69, 9.17) is 0 Å². The number of hydrogen-bond donors (Lipinski definition) is 1. The van der Waals surface area contributed by atoms with E-state index in [0.717, 1.165) is 16.8 Å². The van der Waals surface area contributed by atoms with Crippen LogP contribution in [0.15, 0.2) is 42.5 Å². The lowest BCUT2D eigenvalue weighted by Gasteiger charge is -2.11. The summed E-state index contributed by atoms with van der Waals surface area (Å²) in [6.07, 6.45) is 0.691. The second-order valence-corrected chi connectivity index (χ2v) is 4.26. The molecule has 0 aromatic heterocycles. The fourth-order valence-corrected chi connectivity index (χ4v) is 2.26. The van der Waals surface area contributed by atoms with Gasteiger partial charge in [-0.25, -0.2) is 8.78 Å². The Balaban J connectivity index is 1.91. The van der Waals surface area contributed by atoms with Crippen LogP contribution in [0.2, 0.25) is 0 Å². The van der Waals surface area contributed by atoms with Gasteiger partial charge in [0.25, 0.3) is 0 Å². The third-order valence-electron chi connectivity index (χ3n) is 3.07. The summed E-state index contributed by atoms with van der Waals surface area (Å²) in [6.45, 7) is 0. The maximum absolute atomic E-state index is 13.1. The number of fused-ring (bicyclic) bond motifs is 1. The molecule has 1 heterocycles. The van der Waals surface area contributed by atoms with Gasteiger partial charge in [0.05, 0.1) is 6.04 Å². The zero-order valence-corrected chi connectivity index (χ0v) is 9.08. The molecular formula is C14H11F2N. The number of rotatable bonds is 1. The van der Waals surface area contributed by atoms with Crippen molar-refractivity contribution in [1.29, 1.82) is 0 Å². The monoisotopic (exact) mass is 231 g/mol. The van der Waals surface area contributed by atoms with Crippen molar-refractivity contribution in [2.45, 2.75) is 12.5 Å². The van der Waals surface area contributed by atoms with Crippen LogP contribution in [-0.2, 0) is 6.42 Å². The summed E-state index contributed by atoms with van der Waals surface area (Å²) in [6, 6.07) is 11.2. The van der Waals surface area contributed by atoms with Crippen molar-refractivity contribution >= 4 is 5.69 Å². The molecule has 17 heavy (non-hydrogen) atoms. The topological polar surface area (TPSA) is 12.0 Å². The van der Waals surface area contributed by atoms with Gasteiger partial charge in [-0.1, -0.05) is 12.1 Å². The van der Waals surface area contributed by atoms with Gasteiger partial charge in [-0.2, -0.15) is 0 Å². The molecule has 0 saturated heterocycles. The molecule has 0 bridgehead atoms. The smallest absolute Gasteiger partial charge is 0.123 e. The van der Waals surface area contributed by atoms with Gasteiger partial charge in [0.15, 0.2) is 0 Å². The molecule has 0 fully saturated rings. The molecule has 1 unspecified atom stereocenters. The quantitative estimate of drug-likeness (QED) is 0.789. The van der Waals surface area contributed by atoms with Crippen molar-refractivity contribution in [1.82, 2.24) is 0 Å². The molecule has 2 aromatic rings. The molecule has 3 heteroatoms. The Morgan fingerprint density at radius 3 is 2.65 bits per heavy atom. The van der Waals surface area contributed by atoms with Crippen LogP contribution in [0.25, 0.3) is 0 Å². The van der Waals surface area contributed by atoms with E-state index in [-0.39, 0.29) is 17.7 Å². The molecular weight excluding hydrogens is 220 g/mol. The number of anilines is 1. The molecule has 86 valence electrons. The standard InChI is InChI=1S/C14H11F2N/c15-11-3-1-2-9(6-11)14-8-10-7-12(16)4-5-13(10)17-14/h1-7,14,17H,8H2. The van der Waals surface area contributed by atoms with E-state index in [9.17, 15) is 8.78 Å². The lowest BCUT2D eigenvalue weighted by atomic mass is 10.0. The normalized spacial score (nSPS) is 17.6. The van der Waals surface area contributed by atoms with Gasteiger partial charge < -0.3 is 5.32 Å². The van der Waals surface area contributed by atoms with E-state index in [1.165, 1.54) is 24.3 Å². The molecule has 1 nitrogen and oxygen atoms in total. The van der Waals surface area contributed by atoms with Crippen molar-refractivity contribution in [2.24, 2.45) is 0 Å². The summed E-state index contributed by atoms with van der Waals surface area (Å²) >= 11 is 0. The predicted molar refractivity (Wildman–Crippen MR) is 62.9 cm³/mol. The lowest BCUT2D eigenvalue weighted by Crippen LogP contribution is -2.05. The zero-order chi connectivity index (χ0) is 11.8. The minimum atomic E-state index is -0.244. The van der Waals surface area contributed by atoms with E-state index >= 15 is 0 Å². The molecule has 0 amide bonds. The first-order valence-corrected chi connectivity index (χ1v) is 5.53. The highest BCUT2D eigenvalue weighted by Gasteiger charge is 2.22. The number of hydrogen-bond acceptors (Lipinski definition) is 1. The molecule has 1 atom stereocenters. The zero-order valence-electron chi connectivity index (χ0n) is 9.08. The third-order valence-corrected chi connectivity index (χ3v) is 3.07. The molecule has 0 spiro atoms. The Kier molecular flexibility index (Phi) is 2.32. The molecule has 3 rings (SSSR count). The highest BCUT2D eigenvalue weighted by molar-refractivity contribution is 5.58. The predicted octanol–water partition coefficient (Wildman–Crippen LogP) is 3.67. The maximum Gasteiger partial charge on any atom is 0.123 e. The van der Waals surface area contributed by atoms with Gasteiger partial charge in [-0.3, -0.25) is 0 Å². The van der Waals surface area contributed by atoms with Crippen molar-refractivity contribution in [3.63, 3.8) is 0 Å². The molecule has 1 aliphatic rings. The van der Waals surface area contributed by atoms with Crippen molar-refractivity contribution in [2.75, 3.05) is 5.32 Å². The van der Waals surface area contributed by atoms with Gasteiger partial charge >= 0.3 is 0 Å². The van der Waals surface area contributed by atoms with Gasteiger partial charge in [0.1, 0.15) is 11.6 Å². The largest absolute Gasteiger partial charge is 0.378 e. The van der Waals surface area contributed by atoms with Gasteiger partial charge in [-0.15, -0.1) is 0 Å². The second-order valence-electron chi connectivity index (χ2n) is 4.26. The first kappa shape index (κ1) is 10.3. The van der Waals surface area contributed by atoms with Crippen molar-refractivity contribution in [3.05, 3.63) is 65.2 Å². The second kappa shape index (κ2) is 3.84. The summed E-state index contributed by atoms with van der Waals surface area (Å²) in [5.74, 6) is -0.475. The lowest BCUT2D eigenvalue weighted by molar-refractivity contribution is 0.621. The fraction of sp³-hybridized carbons (Fsp3) is 0.143. The van der Waals surface area contributed by atoms with Crippen LogP contribution in [0.4, 0.5) is 14.5 Å². The van der Waals surface area contributed by atoms with Crippen LogP contribution in [-0.4, -0.2) is 0 Å². The van der Waals surface area contributed by atoms with Gasteiger partial charge in [0.2, 0.25) is 0 Å². The fourth-order valence-electron chi connectivity index (χ4n) is 2.26. The average molecular weight is 231 g/mol. The molecule has 0 aliphatic carbocycles. The summed E-state index contributed by atoms with van der Waals surface area (Å²) in [5, 5.41) is 3.27. The van der Waals surface area contributed by atoms with Crippen molar-refractivity contribution in [3.8, 4) is 0 Å². The molecule has 0 radical (unpaired) electrons. The number of nitrogens with one attached hydrogen (secondary N) is 1. The number of halogens is 2. The van der Waals surface area contributed by atoms with E-state index < -0.39 is 0 Å². The summed E-state index contributed by atoms with van der Waals surface area (Å²) < 4.78 is 26.2. The Labute approximate surface area is 98.1 Å². The summed E-state index contributed by atoms with van der Waals surface area (Å²) in [7, 11) is 0. The van der Waals surface area contributed by atoms with Crippen LogP contribution in [0.3, 0.4) is 0 Å². The Morgan fingerprint density at radius 2 is 1.82 bits per heavy atom. The van der Waals surface area contributed by atoms with E-state index in [1.54, 1.807) is 12.1 Å². The molecule has 0 saturated carbocycles. The SMILES string of the molecule is Fc1cccc(C2Cc3cc(F)ccc3N2)c1. The van der Waals surface area contributed by atoms with E-state index in [2.05, 4.69) is 5.32 Å². The minimum absolute atomic E-state index is 0.0301. The molecule has 1 N–H and O–H groups in total. The van der Waals surface area contributed by atoms with Gasteiger partial charge in [-0.05, 0) is 47.9 Å². The highest BCUT2D eigenvalue weighted by atomic mass is 19.1. The first-order chi connectivity index (χ1) is 8.22. The summed E-state index contributed by atoms with van der Waals surface area (Å²) in [5.41, 5.74) is 2.77. The van der Waals surface area contributed by atoms with Crippen LogP contribution < -0.4 is 5.32 Å². The minimum Gasteiger partial charge on any atom is -0.378 e. The Bertz CT molecular complexity index is 566. The Hall–Kier alpha value is -1.90. The van der Waals surface area contributed by atoms with Crippen LogP contribution in [0.1, 0.15) is 17.2 Å². The number of benzene rings is 2. The maximum atomic E-state index is 13.1. The Morgan fingerprint density at radius 1 is 1.00 bits per heavy atom. The van der Waals surface area contributed by atoms with Crippen LogP contribution in [0, 0.1) is 11.6 Å². The van der Waals surface area contributed by atoms with E-state index in [1.807, 2.05) is 6.07 Å². The highest BCUT2D eigenvalue weighted by Crippen LogP contribution is 2.34. The molecule has 2 aromatic carbocycles. The van der Waals surface area contributed by atoms with Crippen LogP contribution >= 0.6 is 0 Å². The molecule has 1 aliphatic heterocycles. The third kappa shape index (κ3) is 1.88. The average Bonchev–Trinajstić information content (AvgIpc) is 2.72. The van der Waals surface area contributed by atoms with Crippen molar-refractivity contribution < 1.29 is 8.78 Å².